The van der Waals surface area contributed by atoms with E-state index in [0.717, 1.165) is 34.9 Å². The van der Waals surface area contributed by atoms with Crippen LogP contribution in [0.4, 0.5) is 0 Å². The molecule has 1 atom stereocenters. The molecule has 2 N–H and O–H groups in total. The summed E-state index contributed by atoms with van der Waals surface area (Å²) in [6.45, 7) is 3.65. The first-order valence-electron chi connectivity index (χ1n) is 6.84. The van der Waals surface area contributed by atoms with E-state index in [4.69, 9.17) is 0 Å². The van der Waals surface area contributed by atoms with E-state index in [9.17, 15) is 4.79 Å². The first-order chi connectivity index (χ1) is 9.58. The Labute approximate surface area is 126 Å². The summed E-state index contributed by atoms with van der Waals surface area (Å²) in [4.78, 5) is 17.7. The van der Waals surface area contributed by atoms with Gasteiger partial charge in [0.2, 0.25) is 0 Å². The van der Waals surface area contributed by atoms with Crippen LogP contribution in [0.5, 0.6) is 0 Å². The van der Waals surface area contributed by atoms with Crippen molar-refractivity contribution in [1.82, 2.24) is 15.2 Å². The summed E-state index contributed by atoms with van der Waals surface area (Å²) in [6, 6.07) is 6.51. The van der Waals surface area contributed by atoms with Crippen LogP contribution >= 0.6 is 15.9 Å². The first-order valence-corrected chi connectivity index (χ1v) is 7.63. The number of likely N-dealkylation sites (tertiary alicyclic amines) is 1. The highest BCUT2D eigenvalue weighted by atomic mass is 79.9. The number of nitrogens with one attached hydrogen (secondary N) is 2. The minimum atomic E-state index is 0.0866. The Balaban J connectivity index is 1.91. The Morgan fingerprint density at radius 1 is 1.45 bits per heavy atom. The van der Waals surface area contributed by atoms with Crippen LogP contribution in [0.25, 0.3) is 10.9 Å². The number of hydrogen-bond donors (Lipinski definition) is 2. The zero-order valence-electron chi connectivity index (χ0n) is 11.7. The van der Waals surface area contributed by atoms with E-state index in [1.54, 1.807) is 0 Å². The van der Waals surface area contributed by atoms with Crippen molar-refractivity contribution in [3.63, 3.8) is 0 Å². The number of aromatic nitrogens is 1. The summed E-state index contributed by atoms with van der Waals surface area (Å²) in [5.41, 5.74) is 2.84. The Bertz CT molecular complexity index is 664. The molecule has 0 bridgehead atoms. The van der Waals surface area contributed by atoms with Crippen LogP contribution in [0.3, 0.4) is 0 Å². The minimum Gasteiger partial charge on any atom is -0.350 e. The lowest BCUT2D eigenvalue weighted by Crippen LogP contribution is -2.33. The van der Waals surface area contributed by atoms with Crippen molar-refractivity contribution in [1.29, 1.82) is 0 Å². The van der Waals surface area contributed by atoms with E-state index in [-0.39, 0.29) is 5.91 Å². The third-order valence-electron chi connectivity index (χ3n) is 3.94. The quantitative estimate of drug-likeness (QED) is 0.886. The summed E-state index contributed by atoms with van der Waals surface area (Å²) in [5, 5.41) is 4.31. The van der Waals surface area contributed by atoms with Crippen molar-refractivity contribution in [3.8, 4) is 0 Å². The van der Waals surface area contributed by atoms with Gasteiger partial charge in [-0.1, -0.05) is 0 Å². The van der Waals surface area contributed by atoms with Gasteiger partial charge in [-0.05, 0) is 60.1 Å². The molecule has 2 heterocycles. The molecule has 1 aromatic carbocycles. The van der Waals surface area contributed by atoms with Gasteiger partial charge in [0.05, 0.1) is 5.52 Å². The topological polar surface area (TPSA) is 48.1 Å². The summed E-state index contributed by atoms with van der Waals surface area (Å²) in [5.74, 6) is 0.0866. The Hall–Kier alpha value is -1.33. The average molecular weight is 336 g/mol. The normalized spacial score (nSPS) is 18.9. The molecule has 20 heavy (non-hydrogen) atoms. The lowest BCUT2D eigenvalue weighted by Gasteiger charge is -2.15. The van der Waals surface area contributed by atoms with Crippen molar-refractivity contribution in [2.24, 2.45) is 0 Å². The Morgan fingerprint density at radius 3 is 2.95 bits per heavy atom. The highest BCUT2D eigenvalue weighted by Crippen LogP contribution is 2.27. The van der Waals surface area contributed by atoms with Crippen molar-refractivity contribution < 1.29 is 4.79 Å². The maximum absolute atomic E-state index is 12.5. The summed E-state index contributed by atoms with van der Waals surface area (Å²) >= 11 is 3.55. The highest BCUT2D eigenvalue weighted by molar-refractivity contribution is 9.10. The molecule has 0 aliphatic carbocycles. The smallest absolute Gasteiger partial charge is 0.270 e. The molecule has 5 heteroatoms. The molecule has 3 rings (SSSR count). The second-order valence-corrected chi connectivity index (χ2v) is 6.27. The summed E-state index contributed by atoms with van der Waals surface area (Å²) in [7, 11) is 1.95. The van der Waals surface area contributed by atoms with Crippen LogP contribution in [0.1, 0.15) is 22.5 Å². The lowest BCUT2D eigenvalue weighted by atomic mass is 10.2. The number of H-pyrrole nitrogens is 1. The Morgan fingerprint density at radius 2 is 2.25 bits per heavy atom. The van der Waals surface area contributed by atoms with Gasteiger partial charge in [0.25, 0.3) is 5.91 Å². The molecule has 4 nitrogen and oxygen atoms in total. The van der Waals surface area contributed by atoms with E-state index in [2.05, 4.69) is 45.3 Å². The molecule has 0 unspecified atom stereocenters. The molecule has 0 saturated carbocycles. The summed E-state index contributed by atoms with van der Waals surface area (Å²) in [6.07, 6.45) is 1.02. The fourth-order valence-electron chi connectivity index (χ4n) is 2.81. The largest absolute Gasteiger partial charge is 0.350 e. The number of carbonyl (C=O) groups is 1. The van der Waals surface area contributed by atoms with E-state index >= 15 is 0 Å². The van der Waals surface area contributed by atoms with Crippen molar-refractivity contribution in [3.05, 3.63) is 33.9 Å². The minimum absolute atomic E-state index is 0.0866. The molecular weight excluding hydrogens is 318 g/mol. The fraction of sp³-hybridized carbons (Fsp3) is 0.400. The monoisotopic (exact) mass is 335 g/mol. The maximum atomic E-state index is 12.5. The average Bonchev–Trinajstić information content (AvgIpc) is 3.03. The standard InChI is InChI=1S/C15H18BrN3O/c1-9-5-10-7-13(18-14(10)12(16)6-9)15(20)19-4-3-11(8-19)17-2/h5-7,11,17-18H,3-4,8H2,1-2H3/t11-/m1/s1. The van der Waals surface area contributed by atoms with Crippen LogP contribution in [-0.4, -0.2) is 42.0 Å². The van der Waals surface area contributed by atoms with E-state index in [1.165, 1.54) is 5.56 Å². The summed E-state index contributed by atoms with van der Waals surface area (Å²) < 4.78 is 1.00. The van der Waals surface area contributed by atoms with Gasteiger partial charge in [-0.2, -0.15) is 0 Å². The van der Waals surface area contributed by atoms with Gasteiger partial charge < -0.3 is 15.2 Å². The molecule has 1 saturated heterocycles. The zero-order valence-corrected chi connectivity index (χ0v) is 13.3. The Kier molecular flexibility index (Phi) is 3.56. The second-order valence-electron chi connectivity index (χ2n) is 5.42. The molecule has 2 aromatic rings. The van der Waals surface area contributed by atoms with E-state index < -0.39 is 0 Å². The molecule has 1 aliphatic heterocycles. The first kappa shape index (κ1) is 13.6. The van der Waals surface area contributed by atoms with Gasteiger partial charge in [0, 0.05) is 29.0 Å². The number of nitrogens with zero attached hydrogens (tertiary/aromatic N) is 1. The van der Waals surface area contributed by atoms with E-state index in [1.807, 2.05) is 18.0 Å². The molecule has 1 fully saturated rings. The van der Waals surface area contributed by atoms with Crippen molar-refractivity contribution >= 4 is 32.7 Å². The molecule has 1 amide bonds. The number of benzene rings is 1. The number of amides is 1. The van der Waals surface area contributed by atoms with Crippen LogP contribution in [0.15, 0.2) is 22.7 Å². The van der Waals surface area contributed by atoms with Crippen LogP contribution in [0.2, 0.25) is 0 Å². The molecule has 1 aliphatic rings. The third kappa shape index (κ3) is 2.36. The van der Waals surface area contributed by atoms with Crippen LogP contribution < -0.4 is 5.32 Å². The van der Waals surface area contributed by atoms with Gasteiger partial charge >= 0.3 is 0 Å². The van der Waals surface area contributed by atoms with E-state index in [0.29, 0.717) is 11.7 Å². The lowest BCUT2D eigenvalue weighted by molar-refractivity contribution is 0.0785. The SMILES string of the molecule is CN[C@@H]1CCN(C(=O)c2cc3cc(C)cc(Br)c3[nH]2)C1. The second kappa shape index (κ2) is 5.22. The van der Waals surface area contributed by atoms with Crippen molar-refractivity contribution in [2.75, 3.05) is 20.1 Å². The van der Waals surface area contributed by atoms with Gasteiger partial charge in [-0.25, -0.2) is 0 Å². The number of hydrogen-bond acceptors (Lipinski definition) is 2. The molecule has 106 valence electrons. The van der Waals surface area contributed by atoms with Gasteiger partial charge in [0.1, 0.15) is 5.69 Å². The number of likely N-dealkylation sites (N-methyl/N-ethyl adjacent to an activating group) is 1. The third-order valence-corrected chi connectivity index (χ3v) is 4.56. The highest BCUT2D eigenvalue weighted by Gasteiger charge is 2.26. The maximum Gasteiger partial charge on any atom is 0.270 e. The predicted octanol–water partition coefficient (Wildman–Crippen LogP) is 2.67. The molecular formula is C15H18BrN3O. The van der Waals surface area contributed by atoms with Gasteiger partial charge in [0.15, 0.2) is 0 Å². The van der Waals surface area contributed by atoms with Crippen molar-refractivity contribution in [2.45, 2.75) is 19.4 Å². The number of fused-ring (bicyclic) bond motifs is 1. The molecule has 0 spiro atoms. The van der Waals surface area contributed by atoms with Gasteiger partial charge in [-0.3, -0.25) is 4.79 Å². The fourth-order valence-corrected chi connectivity index (χ4v) is 3.50. The predicted molar refractivity (Wildman–Crippen MR) is 84.1 cm³/mol. The molecule has 1 aromatic heterocycles. The van der Waals surface area contributed by atoms with Gasteiger partial charge in [-0.15, -0.1) is 0 Å². The number of aromatic amines is 1. The van der Waals surface area contributed by atoms with Crippen LogP contribution in [-0.2, 0) is 0 Å². The molecule has 0 radical (unpaired) electrons. The number of aryl methyl sites for hydroxylation is 1. The number of carbonyl (C=O) groups excluding carboxylic acids is 1. The zero-order chi connectivity index (χ0) is 14.3. The van der Waals surface area contributed by atoms with Crippen LogP contribution in [0, 0.1) is 6.92 Å². The number of rotatable bonds is 2. The number of halogens is 1.